The van der Waals surface area contributed by atoms with E-state index in [0.29, 0.717) is 30.9 Å². The molecule has 1 amide bonds. The molecule has 2 aromatic heterocycles. The largest absolute Gasteiger partial charge is 0.355 e. The van der Waals surface area contributed by atoms with Crippen molar-refractivity contribution in [3.8, 4) is 5.95 Å². The summed E-state index contributed by atoms with van der Waals surface area (Å²) in [6, 6.07) is 0. The second-order valence-electron chi connectivity index (χ2n) is 4.09. The Morgan fingerprint density at radius 1 is 1.14 bits per heavy atom. The van der Waals surface area contributed by atoms with Gasteiger partial charge in [-0.05, 0) is 13.8 Å². The predicted octanol–water partition coefficient (Wildman–Crippen LogP) is 0.0371. The molecule has 9 nitrogen and oxygen atoms in total. The molecule has 21 heavy (non-hydrogen) atoms. The maximum Gasteiger partial charge on any atom is 0.241 e. The molecule has 3 N–H and O–H groups in total. The lowest BCUT2D eigenvalue weighted by Gasteiger charge is -2.09. The van der Waals surface area contributed by atoms with E-state index < -0.39 is 0 Å². The van der Waals surface area contributed by atoms with Gasteiger partial charge in [0.25, 0.3) is 0 Å². The van der Waals surface area contributed by atoms with E-state index in [1.807, 2.05) is 13.8 Å². The molecular weight excluding hydrogens is 272 g/mol. The summed E-state index contributed by atoms with van der Waals surface area (Å²) in [7, 11) is 0. The Kier molecular flexibility index (Phi) is 5.02. The summed E-state index contributed by atoms with van der Waals surface area (Å²) < 4.78 is 1.67. The average molecular weight is 290 g/mol. The van der Waals surface area contributed by atoms with Gasteiger partial charge >= 0.3 is 0 Å². The molecule has 2 rings (SSSR count). The van der Waals surface area contributed by atoms with Crippen LogP contribution >= 0.6 is 0 Å². The molecule has 0 atom stereocenters. The zero-order valence-electron chi connectivity index (χ0n) is 12.0. The van der Waals surface area contributed by atoms with Gasteiger partial charge in [0.1, 0.15) is 6.33 Å². The molecule has 0 fully saturated rings. The summed E-state index contributed by atoms with van der Waals surface area (Å²) in [5.41, 5.74) is 0. The monoisotopic (exact) mass is 290 g/mol. The molecule has 2 heterocycles. The van der Waals surface area contributed by atoms with Crippen molar-refractivity contribution in [2.75, 3.05) is 30.3 Å². The molecule has 0 aliphatic rings. The minimum atomic E-state index is -0.118. The molecule has 0 aromatic carbocycles. The normalized spacial score (nSPS) is 10.2. The summed E-state index contributed by atoms with van der Waals surface area (Å²) in [4.78, 5) is 28.2. The Labute approximate surface area is 122 Å². The van der Waals surface area contributed by atoms with Crippen LogP contribution in [0.1, 0.15) is 13.8 Å². The maximum atomic E-state index is 11.5. The number of hydrogen-bond donors (Lipinski definition) is 3. The molecule has 0 saturated carbocycles. The highest BCUT2D eigenvalue weighted by Gasteiger charge is 2.08. The van der Waals surface area contributed by atoms with Gasteiger partial charge < -0.3 is 16.0 Å². The molecule has 0 radical (unpaired) electrons. The number of nitrogens with zero attached hydrogens (tertiary/aromatic N) is 5. The van der Waals surface area contributed by atoms with E-state index >= 15 is 0 Å². The van der Waals surface area contributed by atoms with Gasteiger partial charge in [0.2, 0.25) is 23.8 Å². The second kappa shape index (κ2) is 7.17. The zero-order valence-corrected chi connectivity index (χ0v) is 12.0. The van der Waals surface area contributed by atoms with E-state index in [4.69, 9.17) is 0 Å². The number of nitrogens with one attached hydrogen (secondary N) is 3. The lowest BCUT2D eigenvalue weighted by atomic mass is 10.5. The van der Waals surface area contributed by atoms with Crippen molar-refractivity contribution in [2.45, 2.75) is 13.8 Å². The zero-order chi connectivity index (χ0) is 15.1. The van der Waals surface area contributed by atoms with Gasteiger partial charge in [0.05, 0.1) is 6.54 Å². The van der Waals surface area contributed by atoms with Gasteiger partial charge in [0.15, 0.2) is 0 Å². The summed E-state index contributed by atoms with van der Waals surface area (Å²) in [6.45, 7) is 5.18. The van der Waals surface area contributed by atoms with Crippen LogP contribution < -0.4 is 16.0 Å². The van der Waals surface area contributed by atoms with E-state index in [9.17, 15) is 4.79 Å². The first-order valence-corrected chi connectivity index (χ1v) is 6.71. The van der Waals surface area contributed by atoms with E-state index in [0.717, 1.165) is 0 Å². The average Bonchev–Trinajstić information content (AvgIpc) is 3.00. The van der Waals surface area contributed by atoms with Crippen LogP contribution in [-0.4, -0.2) is 50.0 Å². The van der Waals surface area contributed by atoms with Gasteiger partial charge in [0, 0.05) is 25.5 Å². The number of amides is 1. The number of aromatic nitrogens is 5. The van der Waals surface area contributed by atoms with Crippen molar-refractivity contribution < 1.29 is 4.79 Å². The fourth-order valence-corrected chi connectivity index (χ4v) is 1.59. The first kappa shape index (κ1) is 14.7. The van der Waals surface area contributed by atoms with Crippen molar-refractivity contribution in [3.63, 3.8) is 0 Å². The van der Waals surface area contributed by atoms with Gasteiger partial charge in [-0.15, -0.1) is 0 Å². The number of rotatable bonds is 7. The van der Waals surface area contributed by atoms with Crippen LogP contribution in [0.5, 0.6) is 0 Å². The molecular formula is C12H18N8O. The number of anilines is 2. The number of hydrogen-bond acceptors (Lipinski definition) is 7. The third kappa shape index (κ3) is 4.13. The molecule has 0 unspecified atom stereocenters. The molecule has 9 heteroatoms. The number of imidazole rings is 1. The van der Waals surface area contributed by atoms with Crippen LogP contribution in [0, 0.1) is 0 Å². The predicted molar refractivity (Wildman–Crippen MR) is 78.3 cm³/mol. The molecule has 0 bridgehead atoms. The molecule has 0 aliphatic carbocycles. The standard InChI is InChI=1S/C12H18N8O/c1-3-14-9(21)7-16-11-17-10(15-4-2)18-12(19-11)20-6-5-13-8-20/h5-6,8H,3-4,7H2,1-2H3,(H,14,21)(H2,15,16,17,18,19). The molecule has 0 spiro atoms. The second-order valence-corrected chi connectivity index (χ2v) is 4.09. The maximum absolute atomic E-state index is 11.5. The SMILES string of the molecule is CCNC(=O)CNc1nc(NCC)nc(-n2ccnc2)n1. The van der Waals surface area contributed by atoms with E-state index in [2.05, 4.69) is 35.9 Å². The lowest BCUT2D eigenvalue weighted by molar-refractivity contribution is -0.119. The van der Waals surface area contributed by atoms with Crippen molar-refractivity contribution >= 4 is 17.8 Å². The van der Waals surface area contributed by atoms with Crippen LogP contribution in [0.2, 0.25) is 0 Å². The van der Waals surface area contributed by atoms with Gasteiger partial charge in [-0.1, -0.05) is 0 Å². The first-order chi connectivity index (χ1) is 10.2. The van der Waals surface area contributed by atoms with Gasteiger partial charge in [-0.25, -0.2) is 4.98 Å². The topological polar surface area (TPSA) is 110 Å². The lowest BCUT2D eigenvalue weighted by Crippen LogP contribution is -2.30. The Morgan fingerprint density at radius 3 is 2.52 bits per heavy atom. The van der Waals surface area contributed by atoms with Crippen molar-refractivity contribution in [3.05, 3.63) is 18.7 Å². The highest BCUT2D eigenvalue weighted by Crippen LogP contribution is 2.08. The third-order valence-corrected chi connectivity index (χ3v) is 2.47. The van der Waals surface area contributed by atoms with Crippen LogP contribution in [0.4, 0.5) is 11.9 Å². The fourth-order valence-electron chi connectivity index (χ4n) is 1.59. The molecule has 0 aliphatic heterocycles. The van der Waals surface area contributed by atoms with E-state index in [-0.39, 0.29) is 12.5 Å². The number of carbonyl (C=O) groups excluding carboxylic acids is 1. The molecule has 112 valence electrons. The Balaban J connectivity index is 2.17. The van der Waals surface area contributed by atoms with Crippen LogP contribution in [0.25, 0.3) is 5.95 Å². The van der Waals surface area contributed by atoms with Crippen molar-refractivity contribution in [2.24, 2.45) is 0 Å². The Morgan fingerprint density at radius 2 is 1.90 bits per heavy atom. The first-order valence-electron chi connectivity index (χ1n) is 6.71. The van der Waals surface area contributed by atoms with Crippen molar-refractivity contribution in [1.29, 1.82) is 0 Å². The molecule has 2 aromatic rings. The highest BCUT2D eigenvalue weighted by molar-refractivity contribution is 5.80. The van der Waals surface area contributed by atoms with Crippen LogP contribution in [0.3, 0.4) is 0 Å². The molecule has 0 saturated heterocycles. The van der Waals surface area contributed by atoms with E-state index in [1.165, 1.54) is 0 Å². The summed E-state index contributed by atoms with van der Waals surface area (Å²) in [5, 5.41) is 8.60. The minimum absolute atomic E-state index is 0.104. The summed E-state index contributed by atoms with van der Waals surface area (Å²) in [6.07, 6.45) is 4.97. The van der Waals surface area contributed by atoms with Gasteiger partial charge in [-0.2, -0.15) is 15.0 Å². The van der Waals surface area contributed by atoms with Crippen molar-refractivity contribution in [1.82, 2.24) is 29.8 Å². The Bertz CT molecular complexity index is 583. The summed E-state index contributed by atoms with van der Waals surface area (Å²) >= 11 is 0. The highest BCUT2D eigenvalue weighted by atomic mass is 16.1. The number of carbonyl (C=O) groups is 1. The van der Waals surface area contributed by atoms with Crippen LogP contribution in [0.15, 0.2) is 18.7 Å². The third-order valence-electron chi connectivity index (χ3n) is 2.47. The smallest absolute Gasteiger partial charge is 0.241 e. The minimum Gasteiger partial charge on any atom is -0.355 e. The van der Waals surface area contributed by atoms with E-state index in [1.54, 1.807) is 23.3 Å². The quantitative estimate of drug-likeness (QED) is 0.660. The number of likely N-dealkylation sites (N-methyl/N-ethyl adjacent to an activating group) is 1. The Hall–Kier alpha value is -2.71. The van der Waals surface area contributed by atoms with Gasteiger partial charge in [-0.3, -0.25) is 9.36 Å². The summed E-state index contributed by atoms with van der Waals surface area (Å²) in [5.74, 6) is 1.08. The fraction of sp³-hybridized carbons (Fsp3) is 0.417. The van der Waals surface area contributed by atoms with Crippen LogP contribution in [-0.2, 0) is 4.79 Å².